The SMILES string of the molecule is COc1ccc(C(C)=O)cc1NC(=O)NCC(c1ccco1)N1CCCC1. The van der Waals surface area contributed by atoms with E-state index in [4.69, 9.17) is 9.15 Å². The summed E-state index contributed by atoms with van der Waals surface area (Å²) in [6, 6.07) is 8.39. The number of ketones is 1. The first-order chi connectivity index (χ1) is 13.1. The molecule has 2 N–H and O–H groups in total. The molecule has 3 rings (SSSR count). The van der Waals surface area contributed by atoms with Gasteiger partial charge in [0, 0.05) is 12.1 Å². The van der Waals surface area contributed by atoms with Crippen molar-refractivity contribution in [3.63, 3.8) is 0 Å². The second kappa shape index (κ2) is 8.73. The van der Waals surface area contributed by atoms with Crippen LogP contribution in [0.2, 0.25) is 0 Å². The van der Waals surface area contributed by atoms with Crippen molar-refractivity contribution in [2.24, 2.45) is 0 Å². The van der Waals surface area contributed by atoms with Crippen LogP contribution in [0.25, 0.3) is 0 Å². The van der Waals surface area contributed by atoms with E-state index in [9.17, 15) is 9.59 Å². The summed E-state index contributed by atoms with van der Waals surface area (Å²) in [6.45, 7) is 3.88. The van der Waals surface area contributed by atoms with Crippen LogP contribution >= 0.6 is 0 Å². The number of methoxy groups -OCH3 is 1. The highest BCUT2D eigenvalue weighted by atomic mass is 16.5. The van der Waals surface area contributed by atoms with Gasteiger partial charge in [-0.25, -0.2) is 4.79 Å². The van der Waals surface area contributed by atoms with Crippen molar-refractivity contribution < 1.29 is 18.7 Å². The molecule has 7 nitrogen and oxygen atoms in total. The van der Waals surface area contributed by atoms with Crippen molar-refractivity contribution in [3.8, 4) is 5.75 Å². The lowest BCUT2D eigenvalue weighted by Crippen LogP contribution is -2.38. The number of benzene rings is 1. The summed E-state index contributed by atoms with van der Waals surface area (Å²) in [5, 5.41) is 5.68. The van der Waals surface area contributed by atoms with E-state index in [0.29, 0.717) is 23.5 Å². The maximum absolute atomic E-state index is 12.4. The van der Waals surface area contributed by atoms with E-state index in [0.717, 1.165) is 31.7 Å². The molecule has 1 fully saturated rings. The number of anilines is 1. The lowest BCUT2D eigenvalue weighted by molar-refractivity contribution is 0.101. The van der Waals surface area contributed by atoms with Gasteiger partial charge in [0.1, 0.15) is 11.5 Å². The first kappa shape index (κ1) is 19.0. The van der Waals surface area contributed by atoms with Gasteiger partial charge in [-0.05, 0) is 63.2 Å². The van der Waals surface area contributed by atoms with Gasteiger partial charge in [-0.15, -0.1) is 0 Å². The number of likely N-dealkylation sites (tertiary alicyclic amines) is 1. The highest BCUT2D eigenvalue weighted by Crippen LogP contribution is 2.27. The number of carbonyl (C=O) groups is 2. The topological polar surface area (TPSA) is 83.8 Å². The second-order valence-corrected chi connectivity index (χ2v) is 6.58. The number of Topliss-reactive ketones (excluding diaryl/α,β-unsaturated/α-hetero) is 1. The van der Waals surface area contributed by atoms with Crippen LogP contribution in [0, 0.1) is 0 Å². The number of urea groups is 1. The molecule has 1 aromatic heterocycles. The van der Waals surface area contributed by atoms with Crippen LogP contribution in [0.5, 0.6) is 5.75 Å². The Balaban J connectivity index is 1.66. The van der Waals surface area contributed by atoms with Crippen LogP contribution in [0.15, 0.2) is 41.0 Å². The number of nitrogens with one attached hydrogen (secondary N) is 2. The zero-order valence-corrected chi connectivity index (χ0v) is 15.7. The number of hydrogen-bond acceptors (Lipinski definition) is 5. The second-order valence-electron chi connectivity index (χ2n) is 6.58. The zero-order chi connectivity index (χ0) is 19.2. The smallest absolute Gasteiger partial charge is 0.319 e. The van der Waals surface area contributed by atoms with E-state index < -0.39 is 0 Å². The first-order valence-electron chi connectivity index (χ1n) is 9.09. The molecular formula is C20H25N3O4. The Morgan fingerprint density at radius 1 is 1.26 bits per heavy atom. The van der Waals surface area contributed by atoms with Crippen LogP contribution in [0.1, 0.15) is 41.9 Å². The monoisotopic (exact) mass is 371 g/mol. The van der Waals surface area contributed by atoms with Crippen molar-refractivity contribution >= 4 is 17.5 Å². The molecule has 1 saturated heterocycles. The molecule has 0 bridgehead atoms. The molecule has 144 valence electrons. The van der Waals surface area contributed by atoms with E-state index in [1.165, 1.54) is 14.0 Å². The van der Waals surface area contributed by atoms with Gasteiger partial charge < -0.3 is 19.8 Å². The molecule has 2 aromatic rings. The molecule has 2 amide bonds. The van der Waals surface area contributed by atoms with Crippen LogP contribution < -0.4 is 15.4 Å². The highest BCUT2D eigenvalue weighted by molar-refractivity contribution is 5.97. The molecule has 2 heterocycles. The predicted octanol–water partition coefficient (Wildman–Crippen LogP) is 3.45. The third-order valence-corrected chi connectivity index (χ3v) is 4.76. The van der Waals surface area contributed by atoms with Gasteiger partial charge in [0.2, 0.25) is 0 Å². The minimum atomic E-state index is -0.357. The van der Waals surface area contributed by atoms with E-state index in [1.807, 2.05) is 12.1 Å². The van der Waals surface area contributed by atoms with Crippen molar-refractivity contribution in [1.29, 1.82) is 0 Å². The quantitative estimate of drug-likeness (QED) is 0.729. The highest BCUT2D eigenvalue weighted by Gasteiger charge is 2.26. The molecular weight excluding hydrogens is 346 g/mol. The molecule has 7 heteroatoms. The Kier molecular flexibility index (Phi) is 6.13. The predicted molar refractivity (Wildman–Crippen MR) is 102 cm³/mol. The third-order valence-electron chi connectivity index (χ3n) is 4.76. The Bertz CT molecular complexity index is 783. The third kappa shape index (κ3) is 4.68. The van der Waals surface area contributed by atoms with Gasteiger partial charge in [0.15, 0.2) is 5.78 Å². The van der Waals surface area contributed by atoms with Crippen LogP contribution in [-0.4, -0.2) is 43.5 Å². The average molecular weight is 371 g/mol. The summed E-state index contributed by atoms with van der Waals surface area (Å²) in [6.07, 6.45) is 3.95. The standard InChI is InChI=1S/C20H25N3O4/c1-14(24)15-7-8-18(26-2)16(12-15)22-20(25)21-13-17(19-6-5-11-27-19)23-9-3-4-10-23/h5-8,11-12,17H,3-4,9-10,13H2,1-2H3,(H2,21,22,25). The molecule has 1 aliphatic rings. The maximum atomic E-state index is 12.4. The number of ether oxygens (including phenoxy) is 1. The number of furan rings is 1. The van der Waals surface area contributed by atoms with E-state index in [-0.39, 0.29) is 17.9 Å². The number of rotatable bonds is 7. The van der Waals surface area contributed by atoms with Gasteiger partial charge in [-0.2, -0.15) is 0 Å². The van der Waals surface area contributed by atoms with E-state index in [2.05, 4.69) is 15.5 Å². The minimum Gasteiger partial charge on any atom is -0.495 e. The fourth-order valence-electron chi connectivity index (χ4n) is 3.32. The minimum absolute atomic E-state index is 0.00120. The molecule has 0 aliphatic carbocycles. The Morgan fingerprint density at radius 2 is 2.04 bits per heavy atom. The fourth-order valence-corrected chi connectivity index (χ4v) is 3.32. The Labute approximate surface area is 158 Å². The zero-order valence-electron chi connectivity index (χ0n) is 15.7. The lowest BCUT2D eigenvalue weighted by Gasteiger charge is -2.26. The van der Waals surface area contributed by atoms with Crippen molar-refractivity contribution in [2.75, 3.05) is 32.1 Å². The molecule has 1 aromatic carbocycles. The van der Waals surface area contributed by atoms with Crippen molar-refractivity contribution in [2.45, 2.75) is 25.8 Å². The van der Waals surface area contributed by atoms with Crippen LogP contribution in [-0.2, 0) is 0 Å². The number of carbonyl (C=O) groups excluding carboxylic acids is 2. The molecule has 27 heavy (non-hydrogen) atoms. The van der Waals surface area contributed by atoms with Crippen molar-refractivity contribution in [1.82, 2.24) is 10.2 Å². The normalized spacial score (nSPS) is 15.3. The summed E-state index contributed by atoms with van der Waals surface area (Å²) in [7, 11) is 1.52. The summed E-state index contributed by atoms with van der Waals surface area (Å²) >= 11 is 0. The molecule has 1 aliphatic heterocycles. The van der Waals surface area contributed by atoms with E-state index >= 15 is 0 Å². The summed E-state index contributed by atoms with van der Waals surface area (Å²) < 4.78 is 10.8. The average Bonchev–Trinajstić information content (AvgIpc) is 3.36. The van der Waals surface area contributed by atoms with Crippen LogP contribution in [0.3, 0.4) is 0 Å². The molecule has 0 spiro atoms. The van der Waals surface area contributed by atoms with Gasteiger partial charge in [0.25, 0.3) is 0 Å². The Hall–Kier alpha value is -2.80. The number of hydrogen-bond donors (Lipinski definition) is 2. The van der Waals surface area contributed by atoms with Gasteiger partial charge in [-0.1, -0.05) is 0 Å². The van der Waals surface area contributed by atoms with Gasteiger partial charge in [0.05, 0.1) is 25.1 Å². The summed E-state index contributed by atoms with van der Waals surface area (Å²) in [5.74, 6) is 1.26. The molecule has 1 unspecified atom stereocenters. The van der Waals surface area contributed by atoms with Crippen LogP contribution in [0.4, 0.5) is 10.5 Å². The fraction of sp³-hybridized carbons (Fsp3) is 0.400. The molecule has 0 saturated carbocycles. The summed E-state index contributed by atoms with van der Waals surface area (Å²) in [4.78, 5) is 26.3. The van der Waals surface area contributed by atoms with Crippen molar-refractivity contribution in [3.05, 3.63) is 47.9 Å². The molecule has 0 radical (unpaired) electrons. The first-order valence-corrected chi connectivity index (χ1v) is 9.09. The largest absolute Gasteiger partial charge is 0.495 e. The van der Waals surface area contributed by atoms with E-state index in [1.54, 1.807) is 24.5 Å². The number of nitrogens with zero attached hydrogens (tertiary/aromatic N) is 1. The number of amides is 2. The van der Waals surface area contributed by atoms with Gasteiger partial charge >= 0.3 is 6.03 Å². The molecule has 1 atom stereocenters. The maximum Gasteiger partial charge on any atom is 0.319 e. The lowest BCUT2D eigenvalue weighted by atomic mass is 10.1. The summed E-state index contributed by atoms with van der Waals surface area (Å²) in [5.41, 5.74) is 0.968. The van der Waals surface area contributed by atoms with Gasteiger partial charge in [-0.3, -0.25) is 9.69 Å². The Morgan fingerprint density at radius 3 is 2.67 bits per heavy atom.